The molecule has 1 aliphatic rings. The predicted octanol–water partition coefficient (Wildman–Crippen LogP) is 4.37. The third kappa shape index (κ3) is 3.57. The van der Waals surface area contributed by atoms with Crippen LogP contribution in [0.5, 0.6) is 0 Å². The van der Waals surface area contributed by atoms with Crippen LogP contribution in [0.15, 0.2) is 23.5 Å². The molecule has 0 saturated heterocycles. The highest BCUT2D eigenvalue weighted by atomic mass is 16.5. The number of hydrogen-bond acceptors (Lipinski definition) is 1. The van der Waals surface area contributed by atoms with Crippen LogP contribution in [0.4, 0.5) is 0 Å². The molecule has 1 rings (SSSR count). The van der Waals surface area contributed by atoms with Gasteiger partial charge < -0.3 is 4.74 Å². The summed E-state index contributed by atoms with van der Waals surface area (Å²) in [7, 11) is 0. The van der Waals surface area contributed by atoms with Crippen molar-refractivity contribution in [1.82, 2.24) is 0 Å². The van der Waals surface area contributed by atoms with E-state index in [0.29, 0.717) is 0 Å². The van der Waals surface area contributed by atoms with Crippen LogP contribution in [0.2, 0.25) is 0 Å². The number of ether oxygens (including phenoxy) is 1. The zero-order valence-corrected chi connectivity index (χ0v) is 9.38. The van der Waals surface area contributed by atoms with Crippen molar-refractivity contribution in [3.63, 3.8) is 0 Å². The van der Waals surface area contributed by atoms with Gasteiger partial charge in [-0.05, 0) is 42.9 Å². The number of rotatable bonds is 6. The molecule has 0 spiro atoms. The predicted molar refractivity (Wildman–Crippen MR) is 60.6 cm³/mol. The van der Waals surface area contributed by atoms with Gasteiger partial charge in [0.05, 0.1) is 6.26 Å². The molecular weight excluding hydrogens is 172 g/mol. The van der Waals surface area contributed by atoms with Crippen molar-refractivity contribution >= 4 is 0 Å². The first-order chi connectivity index (χ1) is 6.88. The summed E-state index contributed by atoms with van der Waals surface area (Å²) in [4.78, 5) is 0. The molecule has 1 aliphatic heterocycles. The first kappa shape index (κ1) is 11.4. The summed E-state index contributed by atoms with van der Waals surface area (Å²) < 4.78 is 5.23. The maximum absolute atomic E-state index is 5.23. The smallest absolute Gasteiger partial charge is 0.160 e. The van der Waals surface area contributed by atoms with Gasteiger partial charge in [-0.2, -0.15) is 0 Å². The topological polar surface area (TPSA) is 9.23 Å². The third-order valence-corrected chi connectivity index (χ3v) is 2.57. The molecule has 79 valence electrons. The van der Waals surface area contributed by atoms with Gasteiger partial charge in [-0.25, -0.2) is 0 Å². The van der Waals surface area contributed by atoms with Crippen LogP contribution in [0.1, 0.15) is 52.4 Å². The maximum atomic E-state index is 5.23. The molecule has 0 saturated carbocycles. The average molecular weight is 193 g/mol. The van der Waals surface area contributed by atoms with Crippen molar-refractivity contribution in [3.05, 3.63) is 30.1 Å². The first-order valence-electron chi connectivity index (χ1n) is 5.75. The lowest BCUT2D eigenvalue weighted by molar-refractivity contribution is 0.338. The Morgan fingerprint density at radius 3 is 2.29 bits per heavy atom. The second-order valence-corrected chi connectivity index (χ2v) is 3.81. The van der Waals surface area contributed by atoms with E-state index in [1.807, 2.05) is 6.61 Å². The number of unbranched alkanes of at least 4 members (excludes halogenated alkanes) is 2. The van der Waals surface area contributed by atoms with Gasteiger partial charge in [0.2, 0.25) is 0 Å². The fraction of sp³-hybridized carbons (Fsp3) is 0.615. The molecule has 0 amide bonds. The van der Waals surface area contributed by atoms with Gasteiger partial charge in [-0.1, -0.05) is 26.7 Å². The summed E-state index contributed by atoms with van der Waals surface area (Å²) in [6.07, 6.45) is 11.3. The van der Waals surface area contributed by atoms with E-state index in [2.05, 4.69) is 19.9 Å². The molecule has 0 atom stereocenters. The minimum atomic E-state index is 1.17. The minimum Gasteiger partial charge on any atom is -0.489 e. The van der Waals surface area contributed by atoms with Gasteiger partial charge in [0.25, 0.3) is 0 Å². The number of allylic oxidation sites excluding steroid dienone is 2. The van der Waals surface area contributed by atoms with E-state index in [1.165, 1.54) is 49.7 Å². The second kappa shape index (κ2) is 6.69. The fourth-order valence-electron chi connectivity index (χ4n) is 1.62. The zero-order valence-electron chi connectivity index (χ0n) is 9.38. The minimum absolute atomic E-state index is 1.17. The van der Waals surface area contributed by atoms with Crippen molar-refractivity contribution in [3.8, 4) is 0 Å². The molecule has 1 heteroatoms. The van der Waals surface area contributed by atoms with Gasteiger partial charge in [0.15, 0.2) is 6.61 Å². The Hall–Kier alpha value is -0.720. The van der Waals surface area contributed by atoms with Crippen molar-refractivity contribution in [2.24, 2.45) is 0 Å². The molecule has 0 aromatic rings. The van der Waals surface area contributed by atoms with Crippen LogP contribution >= 0.6 is 0 Å². The van der Waals surface area contributed by atoms with Gasteiger partial charge in [-0.15, -0.1) is 0 Å². The highest BCUT2D eigenvalue weighted by molar-refractivity contribution is 5.31. The Morgan fingerprint density at radius 1 is 1.00 bits per heavy atom. The van der Waals surface area contributed by atoms with E-state index in [9.17, 15) is 0 Å². The van der Waals surface area contributed by atoms with E-state index in [1.54, 1.807) is 6.26 Å². The molecular formula is C13H21O. The Bertz CT molecular complexity index is 213. The lowest BCUT2D eigenvalue weighted by atomic mass is 9.97. The molecule has 0 fully saturated rings. The summed E-state index contributed by atoms with van der Waals surface area (Å²) in [5.41, 5.74) is 2.88. The standard InChI is InChI=1S/C13H21O/c1-3-5-7-12-9-10-14-11-13(12)8-6-4-2/h9-11H,3-8H2,1-2H3. The highest BCUT2D eigenvalue weighted by Crippen LogP contribution is 2.24. The normalized spacial score (nSPS) is 15.9. The summed E-state index contributed by atoms with van der Waals surface area (Å²) in [6.45, 7) is 6.38. The Morgan fingerprint density at radius 2 is 1.64 bits per heavy atom. The third-order valence-electron chi connectivity index (χ3n) is 2.57. The van der Waals surface area contributed by atoms with Crippen LogP contribution < -0.4 is 0 Å². The molecule has 1 heterocycles. The molecule has 0 N–H and O–H groups in total. The van der Waals surface area contributed by atoms with Crippen molar-refractivity contribution in [1.29, 1.82) is 0 Å². The van der Waals surface area contributed by atoms with Crippen molar-refractivity contribution in [2.45, 2.75) is 52.4 Å². The van der Waals surface area contributed by atoms with Gasteiger partial charge in [-0.3, -0.25) is 0 Å². The average Bonchev–Trinajstić information content (AvgIpc) is 2.24. The largest absolute Gasteiger partial charge is 0.489 e. The van der Waals surface area contributed by atoms with Gasteiger partial charge in [0, 0.05) is 0 Å². The van der Waals surface area contributed by atoms with E-state index in [-0.39, 0.29) is 0 Å². The van der Waals surface area contributed by atoms with E-state index in [4.69, 9.17) is 4.74 Å². The second-order valence-electron chi connectivity index (χ2n) is 3.81. The fourth-order valence-corrected chi connectivity index (χ4v) is 1.62. The van der Waals surface area contributed by atoms with E-state index >= 15 is 0 Å². The molecule has 1 nitrogen and oxygen atoms in total. The van der Waals surface area contributed by atoms with E-state index in [0.717, 1.165) is 0 Å². The van der Waals surface area contributed by atoms with Crippen LogP contribution in [-0.2, 0) is 4.74 Å². The lowest BCUT2D eigenvalue weighted by Crippen LogP contribution is -1.98. The molecule has 0 unspecified atom stereocenters. The highest BCUT2D eigenvalue weighted by Gasteiger charge is 2.08. The summed E-state index contributed by atoms with van der Waals surface area (Å²) in [5, 5.41) is 0. The van der Waals surface area contributed by atoms with Gasteiger partial charge in [0.1, 0.15) is 0 Å². The lowest BCUT2D eigenvalue weighted by Gasteiger charge is -2.15. The van der Waals surface area contributed by atoms with Crippen LogP contribution in [0.3, 0.4) is 0 Å². The zero-order chi connectivity index (χ0) is 10.2. The van der Waals surface area contributed by atoms with Crippen molar-refractivity contribution < 1.29 is 4.74 Å². The van der Waals surface area contributed by atoms with E-state index < -0.39 is 0 Å². The molecule has 0 aromatic carbocycles. The molecule has 0 aliphatic carbocycles. The van der Waals surface area contributed by atoms with Crippen LogP contribution in [-0.4, -0.2) is 0 Å². The molecule has 1 radical (unpaired) electrons. The summed E-state index contributed by atoms with van der Waals surface area (Å²) in [5.74, 6) is 0. The molecule has 0 bridgehead atoms. The maximum Gasteiger partial charge on any atom is 0.160 e. The Kier molecular flexibility index (Phi) is 5.43. The molecule has 0 aromatic heterocycles. The summed E-state index contributed by atoms with van der Waals surface area (Å²) >= 11 is 0. The SMILES string of the molecule is CCCCC1=C(CCCC)C=CO[CH]1. The van der Waals surface area contributed by atoms with Crippen molar-refractivity contribution in [2.75, 3.05) is 0 Å². The van der Waals surface area contributed by atoms with Crippen LogP contribution in [0.25, 0.3) is 0 Å². The summed E-state index contributed by atoms with van der Waals surface area (Å²) in [6, 6.07) is 0. The molecule has 14 heavy (non-hydrogen) atoms. The monoisotopic (exact) mass is 193 g/mol. The van der Waals surface area contributed by atoms with Gasteiger partial charge >= 0.3 is 0 Å². The Balaban J connectivity index is 2.51. The van der Waals surface area contributed by atoms with Crippen LogP contribution in [0, 0.1) is 6.61 Å². The quantitative estimate of drug-likeness (QED) is 0.608. The number of hydrogen-bond donors (Lipinski definition) is 0. The first-order valence-corrected chi connectivity index (χ1v) is 5.75. The Labute approximate surface area is 87.8 Å².